The molecule has 0 aliphatic heterocycles. The molecule has 0 spiro atoms. The van der Waals surface area contributed by atoms with Gasteiger partial charge in [-0.15, -0.1) is 0 Å². The van der Waals surface area contributed by atoms with Crippen LogP contribution in [0, 0.1) is 0 Å². The van der Waals surface area contributed by atoms with Crippen molar-refractivity contribution in [2.45, 2.75) is 0 Å². The van der Waals surface area contributed by atoms with E-state index in [2.05, 4.69) is 11.5 Å². The van der Waals surface area contributed by atoms with Crippen molar-refractivity contribution in [2.24, 2.45) is 11.5 Å². The van der Waals surface area contributed by atoms with Crippen LogP contribution in [-0.4, -0.2) is 6.03 Å². The molecule has 4 N–H and O–H groups in total. The fourth-order valence-electron chi connectivity index (χ4n) is 0. The average Bonchev–Trinajstić information content (AvgIpc) is 0.811. The van der Waals surface area contributed by atoms with Crippen molar-refractivity contribution in [1.29, 1.82) is 0 Å². The van der Waals surface area contributed by atoms with Crippen molar-refractivity contribution in [1.82, 2.24) is 0 Å². The molecule has 0 unspecified atom stereocenters. The fraction of sp³-hybridized carbons (Fsp3) is 0. The molecule has 0 aliphatic carbocycles. The Labute approximate surface area is 23.6 Å². The number of amides is 2. The Morgan fingerprint density at radius 1 is 1.50 bits per heavy atom. The SMILES string of the molecule is N[11C](N)=O. The molecule has 0 radical (unpaired) electrons. The Hall–Kier alpha value is -0.730. The van der Waals surface area contributed by atoms with Gasteiger partial charge in [0.15, 0.2) is 0 Å². The number of nitrogens with two attached hydrogens (primary N) is 2. The minimum absolute atomic E-state index is 0.833. The molecule has 2 amide bonds. The molecule has 0 aromatic heterocycles. The summed E-state index contributed by atoms with van der Waals surface area (Å²) in [6.45, 7) is 0. The minimum Gasteiger partial charge on any atom is -0.352 e. The molecule has 0 fully saturated rings. The number of hydrogen-bond acceptors (Lipinski definition) is 1. The zero-order valence-electron chi connectivity index (χ0n) is 2.06. The van der Waals surface area contributed by atoms with Crippen LogP contribution in [0.25, 0.3) is 0 Å². The predicted molar refractivity (Wildman–Crippen MR) is 13.8 cm³/mol. The van der Waals surface area contributed by atoms with Crippen LogP contribution in [-0.2, 0) is 0 Å². The van der Waals surface area contributed by atoms with Crippen LogP contribution in [0.15, 0.2) is 0 Å². The van der Waals surface area contributed by atoms with Gasteiger partial charge in [-0.2, -0.15) is 0 Å². The largest absolute Gasteiger partial charge is 0.352 e. The first-order valence-electron chi connectivity index (χ1n) is 0.781. The first-order chi connectivity index (χ1) is 1.73. The van der Waals surface area contributed by atoms with E-state index in [9.17, 15) is 0 Å². The number of urea groups is 1. The van der Waals surface area contributed by atoms with Crippen LogP contribution in [0.3, 0.4) is 0 Å². The lowest BCUT2D eigenvalue weighted by Crippen LogP contribution is -2.18. The zero-order valence-corrected chi connectivity index (χ0v) is 2.06. The molecule has 24 valence electrons. The summed E-state index contributed by atoms with van der Waals surface area (Å²) in [5.41, 5.74) is 8.50. The van der Waals surface area contributed by atoms with E-state index in [4.69, 9.17) is 4.79 Å². The first kappa shape index (κ1) is 3.27. The molecule has 0 aromatic rings. The quantitative estimate of drug-likeness (QED) is 0.370. The summed E-state index contributed by atoms with van der Waals surface area (Å²) in [6.07, 6.45) is 0. The van der Waals surface area contributed by atoms with Gasteiger partial charge < -0.3 is 11.5 Å². The molecule has 0 aromatic carbocycles. The van der Waals surface area contributed by atoms with Crippen LogP contribution < -0.4 is 11.5 Å². The molecule has 0 rings (SSSR count). The Morgan fingerprint density at radius 2 is 1.50 bits per heavy atom. The van der Waals surface area contributed by atoms with Gasteiger partial charge in [-0.05, 0) is 0 Å². The maximum absolute atomic E-state index is 9.00. The van der Waals surface area contributed by atoms with E-state index in [1.807, 2.05) is 0 Å². The summed E-state index contributed by atoms with van der Waals surface area (Å²) >= 11 is 0. The highest BCUT2D eigenvalue weighted by molar-refractivity contribution is 5.69. The lowest BCUT2D eigenvalue weighted by molar-refractivity contribution is 0.256. The molecule has 3 nitrogen and oxygen atoms in total. The second kappa shape index (κ2) is 0.711. The summed E-state index contributed by atoms with van der Waals surface area (Å²) in [5.74, 6) is 0. The smallest absolute Gasteiger partial charge is 0.309 e. The third-order valence-corrected chi connectivity index (χ3v) is 0. The summed E-state index contributed by atoms with van der Waals surface area (Å²) in [4.78, 5) is 9.00. The van der Waals surface area contributed by atoms with Crippen molar-refractivity contribution in [3.63, 3.8) is 0 Å². The standard InChI is InChI=1S/CH4N2O/c2-1(3)4/h(H4,2,3,4)/i1-1. The van der Waals surface area contributed by atoms with Crippen molar-refractivity contribution in [2.75, 3.05) is 0 Å². The van der Waals surface area contributed by atoms with Gasteiger partial charge >= 0.3 is 6.03 Å². The maximum atomic E-state index is 9.00. The van der Waals surface area contributed by atoms with E-state index in [0.717, 1.165) is 0 Å². The van der Waals surface area contributed by atoms with Gasteiger partial charge in [-0.25, -0.2) is 4.79 Å². The van der Waals surface area contributed by atoms with Crippen LogP contribution in [0.5, 0.6) is 0 Å². The van der Waals surface area contributed by atoms with Crippen molar-refractivity contribution >= 4 is 6.03 Å². The first-order valence-corrected chi connectivity index (χ1v) is 0.781. The van der Waals surface area contributed by atoms with Crippen molar-refractivity contribution < 1.29 is 4.79 Å². The average molecular weight is 59.1 g/mol. The van der Waals surface area contributed by atoms with Gasteiger partial charge in [-0.1, -0.05) is 0 Å². The number of rotatable bonds is 0. The number of carbonyl (C=O) groups excluding carboxylic acids is 1. The minimum atomic E-state index is -0.833. The second-order valence-electron chi connectivity index (χ2n) is 0.402. The third-order valence-electron chi connectivity index (χ3n) is 0. The molecular formula is CH4N2O. The molecular weight excluding hydrogens is 55.0 g/mol. The molecule has 3 heteroatoms. The Bertz CT molecular complexity index is 29.0. The molecule has 0 aliphatic rings. The van der Waals surface area contributed by atoms with Gasteiger partial charge in [0.05, 0.1) is 0 Å². The van der Waals surface area contributed by atoms with Gasteiger partial charge in [0.2, 0.25) is 0 Å². The van der Waals surface area contributed by atoms with Gasteiger partial charge in [0.25, 0.3) is 0 Å². The molecule has 4 heavy (non-hydrogen) atoms. The number of carbonyl (C=O) groups is 1. The second-order valence-corrected chi connectivity index (χ2v) is 0.402. The summed E-state index contributed by atoms with van der Waals surface area (Å²) < 4.78 is 0. The van der Waals surface area contributed by atoms with Crippen LogP contribution in [0.1, 0.15) is 0 Å². The van der Waals surface area contributed by atoms with Crippen molar-refractivity contribution in [3.05, 3.63) is 0 Å². The van der Waals surface area contributed by atoms with Gasteiger partial charge in [-0.3, -0.25) is 0 Å². The highest BCUT2D eigenvalue weighted by Crippen LogP contribution is 1.25. The van der Waals surface area contributed by atoms with E-state index in [0.29, 0.717) is 0 Å². The Balaban J connectivity index is 2.80. The number of primary amides is 2. The van der Waals surface area contributed by atoms with Crippen LogP contribution >= 0.6 is 0 Å². The van der Waals surface area contributed by atoms with Crippen LogP contribution in [0.4, 0.5) is 4.79 Å². The lowest BCUT2D eigenvalue weighted by atomic mass is 10.4. The topological polar surface area (TPSA) is 69.1 Å². The van der Waals surface area contributed by atoms with Crippen molar-refractivity contribution in [3.8, 4) is 0 Å². The predicted octanol–water partition coefficient (Wildman–Crippen LogP) is -0.976. The molecule has 0 heterocycles. The molecule has 0 saturated carbocycles. The lowest BCUT2D eigenvalue weighted by Gasteiger charge is -1.62. The fourth-order valence-corrected chi connectivity index (χ4v) is 0. The molecule has 0 saturated heterocycles. The van der Waals surface area contributed by atoms with Crippen LogP contribution in [0.2, 0.25) is 0 Å². The van der Waals surface area contributed by atoms with E-state index < -0.39 is 6.03 Å². The maximum Gasteiger partial charge on any atom is 0.309 e. The summed E-state index contributed by atoms with van der Waals surface area (Å²) in [6, 6.07) is -0.833. The Kier molecular flexibility index (Phi) is 0.581. The molecule has 0 atom stereocenters. The number of hydrogen-bond donors (Lipinski definition) is 2. The highest BCUT2D eigenvalue weighted by atomic mass is 16.1. The highest BCUT2D eigenvalue weighted by Gasteiger charge is 1.60. The monoisotopic (exact) mass is 59.0 g/mol. The van der Waals surface area contributed by atoms with E-state index >= 15 is 0 Å². The van der Waals surface area contributed by atoms with E-state index in [-0.39, 0.29) is 0 Å². The zero-order chi connectivity index (χ0) is 3.58. The normalized spacial score (nSPS) is 6.00. The third kappa shape index (κ3) is 0.174. The van der Waals surface area contributed by atoms with E-state index in [1.165, 1.54) is 0 Å². The molecule has 0 bridgehead atoms. The summed E-state index contributed by atoms with van der Waals surface area (Å²) in [7, 11) is 0. The van der Waals surface area contributed by atoms with Gasteiger partial charge in [0, 0.05) is 0 Å². The van der Waals surface area contributed by atoms with Gasteiger partial charge in [0.1, 0.15) is 0 Å². The Morgan fingerprint density at radius 3 is 1.50 bits per heavy atom. The van der Waals surface area contributed by atoms with E-state index in [1.54, 1.807) is 0 Å². The summed E-state index contributed by atoms with van der Waals surface area (Å²) in [5, 5.41) is 0.